The van der Waals surface area contributed by atoms with Crippen LogP contribution in [-0.2, 0) is 13.1 Å². The van der Waals surface area contributed by atoms with Crippen molar-refractivity contribution in [2.24, 2.45) is 0 Å². The van der Waals surface area contributed by atoms with Crippen molar-refractivity contribution in [2.75, 3.05) is 0 Å². The van der Waals surface area contributed by atoms with Crippen molar-refractivity contribution in [1.82, 2.24) is 25.5 Å². The number of nitrogens with zero attached hydrogens (tertiary/aromatic N) is 3. The summed E-state index contributed by atoms with van der Waals surface area (Å²) in [5.41, 5.74) is 4.43. The summed E-state index contributed by atoms with van der Waals surface area (Å²) in [6.45, 7) is 3.45. The molecule has 5 heteroatoms. The molecule has 0 saturated carbocycles. The Morgan fingerprint density at radius 3 is 2.57 bits per heavy atom. The SMILES string of the molecule is Cc1nccc(CNCc2ccc(-c3ccn[nH]3)cc2)n1. The maximum Gasteiger partial charge on any atom is 0.125 e. The summed E-state index contributed by atoms with van der Waals surface area (Å²) in [6.07, 6.45) is 3.55. The molecule has 1 aromatic carbocycles. The molecule has 0 aliphatic carbocycles. The highest BCUT2D eigenvalue weighted by Gasteiger charge is 2.00. The summed E-state index contributed by atoms with van der Waals surface area (Å²) in [6, 6.07) is 12.3. The zero-order valence-electron chi connectivity index (χ0n) is 11.9. The summed E-state index contributed by atoms with van der Waals surface area (Å²) in [7, 11) is 0. The number of aromatic nitrogens is 4. The van der Waals surface area contributed by atoms with Crippen molar-refractivity contribution in [3.8, 4) is 11.3 Å². The molecule has 21 heavy (non-hydrogen) atoms. The van der Waals surface area contributed by atoms with Gasteiger partial charge in [0.1, 0.15) is 5.82 Å². The average Bonchev–Trinajstić information content (AvgIpc) is 3.02. The van der Waals surface area contributed by atoms with Crippen LogP contribution in [0.25, 0.3) is 11.3 Å². The average molecular weight is 279 g/mol. The molecule has 0 unspecified atom stereocenters. The Kier molecular flexibility index (Phi) is 4.02. The third-order valence-corrected chi connectivity index (χ3v) is 3.23. The van der Waals surface area contributed by atoms with Gasteiger partial charge in [-0.2, -0.15) is 5.10 Å². The second-order valence-corrected chi connectivity index (χ2v) is 4.87. The van der Waals surface area contributed by atoms with E-state index in [1.165, 1.54) is 5.56 Å². The fraction of sp³-hybridized carbons (Fsp3) is 0.188. The first-order valence-corrected chi connectivity index (χ1v) is 6.89. The smallest absolute Gasteiger partial charge is 0.125 e. The molecule has 2 N–H and O–H groups in total. The van der Waals surface area contributed by atoms with Crippen LogP contribution >= 0.6 is 0 Å². The van der Waals surface area contributed by atoms with Gasteiger partial charge in [-0.3, -0.25) is 5.10 Å². The number of nitrogens with one attached hydrogen (secondary N) is 2. The van der Waals surface area contributed by atoms with E-state index >= 15 is 0 Å². The maximum atomic E-state index is 4.37. The number of aryl methyl sites for hydroxylation is 1. The Balaban J connectivity index is 1.56. The zero-order valence-corrected chi connectivity index (χ0v) is 11.9. The summed E-state index contributed by atoms with van der Waals surface area (Å²) in [5.74, 6) is 0.804. The van der Waals surface area contributed by atoms with Crippen molar-refractivity contribution < 1.29 is 0 Å². The predicted octanol–water partition coefficient (Wildman–Crippen LogP) is 2.46. The van der Waals surface area contributed by atoms with Crippen LogP contribution in [0, 0.1) is 6.92 Å². The van der Waals surface area contributed by atoms with Gasteiger partial charge in [0.25, 0.3) is 0 Å². The Labute approximate surface area is 123 Å². The Bertz CT molecular complexity index is 689. The molecule has 5 nitrogen and oxygen atoms in total. The molecular weight excluding hydrogens is 262 g/mol. The molecule has 0 spiro atoms. The van der Waals surface area contributed by atoms with E-state index in [1.54, 1.807) is 12.4 Å². The number of benzene rings is 1. The lowest BCUT2D eigenvalue weighted by Crippen LogP contribution is -2.14. The lowest BCUT2D eigenvalue weighted by Gasteiger charge is -2.06. The number of hydrogen-bond acceptors (Lipinski definition) is 4. The summed E-state index contributed by atoms with van der Waals surface area (Å²) in [4.78, 5) is 8.46. The van der Waals surface area contributed by atoms with E-state index in [1.807, 2.05) is 19.1 Å². The van der Waals surface area contributed by atoms with E-state index in [0.29, 0.717) is 0 Å². The van der Waals surface area contributed by atoms with E-state index < -0.39 is 0 Å². The third kappa shape index (κ3) is 3.52. The second kappa shape index (κ2) is 6.28. The molecule has 0 saturated heterocycles. The van der Waals surface area contributed by atoms with Gasteiger partial charge in [0.05, 0.1) is 11.4 Å². The van der Waals surface area contributed by atoms with E-state index in [4.69, 9.17) is 0 Å². The largest absolute Gasteiger partial charge is 0.307 e. The standard InChI is InChI=1S/C16H17N5/c1-12-18-8-6-15(20-12)11-17-10-13-2-4-14(5-3-13)16-7-9-19-21-16/h2-9,17H,10-11H2,1H3,(H,19,21). The van der Waals surface area contributed by atoms with Gasteiger partial charge in [0.15, 0.2) is 0 Å². The molecule has 0 amide bonds. The van der Waals surface area contributed by atoms with Crippen LogP contribution in [0.2, 0.25) is 0 Å². The third-order valence-electron chi connectivity index (χ3n) is 3.23. The molecule has 3 rings (SSSR count). The van der Waals surface area contributed by atoms with Crippen molar-refractivity contribution >= 4 is 0 Å². The van der Waals surface area contributed by atoms with Crippen molar-refractivity contribution in [3.63, 3.8) is 0 Å². The van der Waals surface area contributed by atoms with Gasteiger partial charge in [-0.15, -0.1) is 0 Å². The molecule has 0 bridgehead atoms. The number of aromatic amines is 1. The second-order valence-electron chi connectivity index (χ2n) is 4.87. The van der Waals surface area contributed by atoms with Crippen LogP contribution in [0.1, 0.15) is 17.1 Å². The minimum atomic E-state index is 0.742. The van der Waals surface area contributed by atoms with Gasteiger partial charge in [-0.1, -0.05) is 24.3 Å². The molecule has 0 radical (unpaired) electrons. The first kappa shape index (κ1) is 13.5. The molecule has 2 heterocycles. The lowest BCUT2D eigenvalue weighted by molar-refractivity contribution is 0.675. The fourth-order valence-corrected chi connectivity index (χ4v) is 2.16. The topological polar surface area (TPSA) is 66.5 Å². The molecule has 0 fully saturated rings. The Morgan fingerprint density at radius 1 is 1.00 bits per heavy atom. The molecule has 3 aromatic rings. The minimum absolute atomic E-state index is 0.742. The van der Waals surface area contributed by atoms with Crippen molar-refractivity contribution in [1.29, 1.82) is 0 Å². The van der Waals surface area contributed by atoms with Crippen LogP contribution < -0.4 is 5.32 Å². The highest BCUT2D eigenvalue weighted by Crippen LogP contribution is 2.16. The van der Waals surface area contributed by atoms with Crippen molar-refractivity contribution in [2.45, 2.75) is 20.0 Å². The fourth-order valence-electron chi connectivity index (χ4n) is 2.16. The quantitative estimate of drug-likeness (QED) is 0.753. The van der Waals surface area contributed by atoms with Gasteiger partial charge < -0.3 is 5.32 Å². The van der Waals surface area contributed by atoms with Crippen LogP contribution in [0.3, 0.4) is 0 Å². The Morgan fingerprint density at radius 2 is 1.86 bits per heavy atom. The van der Waals surface area contributed by atoms with E-state index in [-0.39, 0.29) is 0 Å². The molecule has 0 atom stereocenters. The normalized spacial score (nSPS) is 10.7. The van der Waals surface area contributed by atoms with Gasteiger partial charge in [0.2, 0.25) is 0 Å². The van der Waals surface area contributed by atoms with Gasteiger partial charge in [0, 0.05) is 25.5 Å². The van der Waals surface area contributed by atoms with Crippen LogP contribution in [0.4, 0.5) is 0 Å². The van der Waals surface area contributed by atoms with Gasteiger partial charge in [-0.05, 0) is 30.2 Å². The highest BCUT2D eigenvalue weighted by molar-refractivity contribution is 5.58. The molecular formula is C16H17N5. The van der Waals surface area contributed by atoms with Gasteiger partial charge in [-0.25, -0.2) is 9.97 Å². The summed E-state index contributed by atoms with van der Waals surface area (Å²) in [5, 5.41) is 10.3. The first-order chi connectivity index (χ1) is 10.3. The number of H-pyrrole nitrogens is 1. The molecule has 2 aromatic heterocycles. The molecule has 0 aliphatic rings. The molecule has 106 valence electrons. The van der Waals surface area contributed by atoms with Crippen LogP contribution in [0.5, 0.6) is 0 Å². The summed E-state index contributed by atoms with van der Waals surface area (Å²) >= 11 is 0. The zero-order chi connectivity index (χ0) is 14.5. The van der Waals surface area contributed by atoms with E-state index in [9.17, 15) is 0 Å². The monoisotopic (exact) mass is 279 g/mol. The summed E-state index contributed by atoms with van der Waals surface area (Å²) < 4.78 is 0. The maximum absolute atomic E-state index is 4.37. The van der Waals surface area contributed by atoms with E-state index in [0.717, 1.165) is 35.9 Å². The number of rotatable bonds is 5. The predicted molar refractivity (Wildman–Crippen MR) is 81.3 cm³/mol. The minimum Gasteiger partial charge on any atom is -0.307 e. The lowest BCUT2D eigenvalue weighted by atomic mass is 10.1. The Hall–Kier alpha value is -2.53. The van der Waals surface area contributed by atoms with Crippen LogP contribution in [-0.4, -0.2) is 20.2 Å². The number of hydrogen-bond donors (Lipinski definition) is 2. The van der Waals surface area contributed by atoms with Crippen LogP contribution in [0.15, 0.2) is 48.8 Å². The highest BCUT2D eigenvalue weighted by atomic mass is 15.1. The van der Waals surface area contributed by atoms with Crippen molar-refractivity contribution in [3.05, 3.63) is 65.9 Å². The molecule has 0 aliphatic heterocycles. The van der Waals surface area contributed by atoms with Gasteiger partial charge >= 0.3 is 0 Å². The first-order valence-electron chi connectivity index (χ1n) is 6.89. The van der Waals surface area contributed by atoms with E-state index in [2.05, 4.69) is 49.7 Å².